The molecule has 1 aromatic heterocycles. The van der Waals surface area contributed by atoms with Crippen molar-refractivity contribution in [2.45, 2.75) is 38.0 Å². The van der Waals surface area contributed by atoms with E-state index in [-0.39, 0.29) is 5.75 Å². The molecule has 0 amide bonds. The number of aliphatic hydroxyl groups is 1. The van der Waals surface area contributed by atoms with E-state index in [9.17, 15) is 13.9 Å². The van der Waals surface area contributed by atoms with Crippen molar-refractivity contribution < 1.29 is 18.6 Å². The number of nitrogens with zero attached hydrogens (tertiary/aromatic N) is 1. The standard InChI is InChI=1S/C16H18F2N2O2S/c17-16(18)22-12-5-3-10(4-6-12)14(21)9-19-7-13-8-20-15(23-13)11-1-2-11/h3-6,8,11,14,16,19,21H,1-2,7,9H2. The Hall–Kier alpha value is -1.57. The molecule has 7 heteroatoms. The summed E-state index contributed by atoms with van der Waals surface area (Å²) in [6, 6.07) is 6.02. The third-order valence-corrected chi connectivity index (χ3v) is 4.78. The maximum Gasteiger partial charge on any atom is 0.387 e. The lowest BCUT2D eigenvalue weighted by Gasteiger charge is -2.12. The Morgan fingerprint density at radius 1 is 1.30 bits per heavy atom. The van der Waals surface area contributed by atoms with E-state index >= 15 is 0 Å². The van der Waals surface area contributed by atoms with E-state index in [2.05, 4.69) is 15.0 Å². The minimum absolute atomic E-state index is 0.0844. The first-order chi connectivity index (χ1) is 11.1. The maximum absolute atomic E-state index is 12.1. The number of rotatable bonds is 8. The van der Waals surface area contributed by atoms with Crippen LogP contribution in [0.5, 0.6) is 5.75 Å². The Balaban J connectivity index is 1.45. The molecule has 1 unspecified atom stereocenters. The third-order valence-electron chi connectivity index (χ3n) is 3.62. The molecule has 0 bridgehead atoms. The van der Waals surface area contributed by atoms with Crippen LogP contribution >= 0.6 is 11.3 Å². The van der Waals surface area contributed by atoms with Gasteiger partial charge in [0.05, 0.1) is 11.1 Å². The highest BCUT2D eigenvalue weighted by atomic mass is 32.1. The molecule has 0 aliphatic heterocycles. The van der Waals surface area contributed by atoms with Crippen LogP contribution in [0.1, 0.15) is 40.3 Å². The molecule has 124 valence electrons. The maximum atomic E-state index is 12.1. The van der Waals surface area contributed by atoms with Crippen LogP contribution in [0.4, 0.5) is 8.78 Å². The summed E-state index contributed by atoms with van der Waals surface area (Å²) in [7, 11) is 0. The predicted octanol–water partition coefficient (Wildman–Crippen LogP) is 3.45. The van der Waals surface area contributed by atoms with Crippen LogP contribution in [0.25, 0.3) is 0 Å². The van der Waals surface area contributed by atoms with Gasteiger partial charge in [-0.25, -0.2) is 4.98 Å². The Bertz CT molecular complexity index is 629. The topological polar surface area (TPSA) is 54.4 Å². The lowest BCUT2D eigenvalue weighted by molar-refractivity contribution is -0.0498. The van der Waals surface area contributed by atoms with E-state index in [1.807, 2.05) is 6.20 Å². The summed E-state index contributed by atoms with van der Waals surface area (Å²) in [5.74, 6) is 0.745. The number of aliphatic hydroxyl groups excluding tert-OH is 1. The Morgan fingerprint density at radius 3 is 2.70 bits per heavy atom. The van der Waals surface area contributed by atoms with Crippen molar-refractivity contribution in [1.82, 2.24) is 10.3 Å². The SMILES string of the molecule is OC(CNCc1cnc(C2CC2)s1)c1ccc(OC(F)F)cc1. The predicted molar refractivity (Wildman–Crippen MR) is 83.8 cm³/mol. The van der Waals surface area contributed by atoms with Gasteiger partial charge in [0.15, 0.2) is 0 Å². The van der Waals surface area contributed by atoms with Crippen LogP contribution in [0.15, 0.2) is 30.5 Å². The minimum Gasteiger partial charge on any atom is -0.435 e. The minimum atomic E-state index is -2.84. The number of hydrogen-bond acceptors (Lipinski definition) is 5. The van der Waals surface area contributed by atoms with Crippen LogP contribution in [-0.4, -0.2) is 23.2 Å². The van der Waals surface area contributed by atoms with Crippen LogP contribution in [0, 0.1) is 0 Å². The number of nitrogens with one attached hydrogen (secondary N) is 1. The van der Waals surface area contributed by atoms with Gasteiger partial charge >= 0.3 is 6.61 Å². The Kier molecular flexibility index (Phi) is 5.20. The smallest absolute Gasteiger partial charge is 0.387 e. The fourth-order valence-electron chi connectivity index (χ4n) is 2.24. The summed E-state index contributed by atoms with van der Waals surface area (Å²) in [6.45, 7) is -1.80. The summed E-state index contributed by atoms with van der Waals surface area (Å²) in [5.41, 5.74) is 0.655. The molecule has 1 atom stereocenters. The molecule has 1 fully saturated rings. The number of thiazole rings is 1. The lowest BCUT2D eigenvalue weighted by atomic mass is 10.1. The normalized spacial score (nSPS) is 15.8. The van der Waals surface area contributed by atoms with Crippen molar-refractivity contribution in [1.29, 1.82) is 0 Å². The van der Waals surface area contributed by atoms with Gasteiger partial charge in [0.2, 0.25) is 0 Å². The molecule has 2 aromatic rings. The number of hydrogen-bond donors (Lipinski definition) is 2. The molecular formula is C16H18F2N2O2S. The summed E-state index contributed by atoms with van der Waals surface area (Å²) in [4.78, 5) is 5.56. The zero-order chi connectivity index (χ0) is 16.2. The van der Waals surface area contributed by atoms with Crippen LogP contribution < -0.4 is 10.1 Å². The quantitative estimate of drug-likeness (QED) is 0.773. The van der Waals surface area contributed by atoms with E-state index in [0.29, 0.717) is 24.6 Å². The van der Waals surface area contributed by atoms with Gasteiger partial charge in [-0.05, 0) is 30.5 Å². The van der Waals surface area contributed by atoms with Crippen molar-refractivity contribution in [3.63, 3.8) is 0 Å². The Labute approximate surface area is 137 Å². The summed E-state index contributed by atoms with van der Waals surface area (Å²) < 4.78 is 28.4. The highest BCUT2D eigenvalue weighted by Gasteiger charge is 2.26. The lowest BCUT2D eigenvalue weighted by Crippen LogP contribution is -2.20. The van der Waals surface area contributed by atoms with Gasteiger partial charge in [-0.1, -0.05) is 12.1 Å². The fourth-order valence-corrected chi connectivity index (χ4v) is 3.30. The highest BCUT2D eigenvalue weighted by molar-refractivity contribution is 7.11. The van der Waals surface area contributed by atoms with E-state index in [0.717, 1.165) is 4.88 Å². The van der Waals surface area contributed by atoms with Gasteiger partial charge < -0.3 is 15.2 Å². The molecule has 1 aliphatic rings. The molecule has 23 heavy (non-hydrogen) atoms. The van der Waals surface area contributed by atoms with Crippen LogP contribution in [0.3, 0.4) is 0 Å². The number of halogens is 2. The molecule has 0 radical (unpaired) electrons. The van der Waals surface area contributed by atoms with E-state index < -0.39 is 12.7 Å². The van der Waals surface area contributed by atoms with Crippen molar-refractivity contribution >= 4 is 11.3 Å². The summed E-state index contributed by atoms with van der Waals surface area (Å²) in [6.07, 6.45) is 3.66. The molecule has 1 saturated carbocycles. The largest absolute Gasteiger partial charge is 0.435 e. The van der Waals surface area contributed by atoms with Crippen LogP contribution in [-0.2, 0) is 6.54 Å². The van der Waals surface area contributed by atoms with E-state index in [1.165, 1.54) is 30.0 Å². The second kappa shape index (κ2) is 7.33. The molecule has 2 N–H and O–H groups in total. The number of alkyl halides is 2. The van der Waals surface area contributed by atoms with Gasteiger partial charge in [0.25, 0.3) is 0 Å². The fraction of sp³-hybridized carbons (Fsp3) is 0.438. The van der Waals surface area contributed by atoms with E-state index in [1.54, 1.807) is 23.5 Å². The number of ether oxygens (including phenoxy) is 1. The molecule has 4 nitrogen and oxygen atoms in total. The van der Waals surface area contributed by atoms with Gasteiger partial charge in [0.1, 0.15) is 5.75 Å². The number of benzene rings is 1. The van der Waals surface area contributed by atoms with Gasteiger partial charge in [0, 0.05) is 30.1 Å². The average molecular weight is 340 g/mol. The molecule has 0 saturated heterocycles. The average Bonchev–Trinajstić information content (AvgIpc) is 3.27. The second-order valence-corrected chi connectivity index (χ2v) is 6.68. The van der Waals surface area contributed by atoms with Crippen molar-refractivity contribution in [2.75, 3.05) is 6.54 Å². The van der Waals surface area contributed by atoms with E-state index in [4.69, 9.17) is 0 Å². The zero-order valence-electron chi connectivity index (χ0n) is 12.4. The zero-order valence-corrected chi connectivity index (χ0v) is 13.2. The Morgan fingerprint density at radius 2 is 2.04 bits per heavy atom. The second-order valence-electron chi connectivity index (χ2n) is 5.53. The molecule has 0 spiro atoms. The van der Waals surface area contributed by atoms with Gasteiger partial charge in [-0.15, -0.1) is 11.3 Å². The molecule has 3 rings (SSSR count). The molecule has 1 heterocycles. The van der Waals surface area contributed by atoms with Crippen molar-refractivity contribution in [2.24, 2.45) is 0 Å². The summed E-state index contributed by atoms with van der Waals surface area (Å²) in [5, 5.41) is 14.5. The van der Waals surface area contributed by atoms with Crippen LogP contribution in [0.2, 0.25) is 0 Å². The third kappa shape index (κ3) is 4.70. The molecular weight excluding hydrogens is 322 g/mol. The molecule has 1 aliphatic carbocycles. The van der Waals surface area contributed by atoms with Crippen molar-refractivity contribution in [3.8, 4) is 5.75 Å². The number of aromatic nitrogens is 1. The monoisotopic (exact) mass is 340 g/mol. The molecule has 1 aromatic carbocycles. The van der Waals surface area contributed by atoms with Crippen molar-refractivity contribution in [3.05, 3.63) is 45.9 Å². The first kappa shape index (κ1) is 16.3. The summed E-state index contributed by atoms with van der Waals surface area (Å²) >= 11 is 1.72. The van der Waals surface area contributed by atoms with Gasteiger partial charge in [-0.3, -0.25) is 0 Å². The highest BCUT2D eigenvalue weighted by Crippen LogP contribution is 2.41. The first-order valence-electron chi connectivity index (χ1n) is 7.50. The van der Waals surface area contributed by atoms with Gasteiger partial charge in [-0.2, -0.15) is 8.78 Å². The first-order valence-corrected chi connectivity index (χ1v) is 8.31.